The van der Waals surface area contributed by atoms with Gasteiger partial charge in [-0.1, -0.05) is 13.0 Å². The predicted molar refractivity (Wildman–Crippen MR) is 55.1 cm³/mol. The summed E-state index contributed by atoms with van der Waals surface area (Å²) < 4.78 is 0. The second-order valence-corrected chi connectivity index (χ2v) is 3.82. The molecule has 0 saturated carbocycles. The number of thioether (sulfide) groups is 1. The zero-order chi connectivity index (χ0) is 8.97. The lowest BCUT2D eigenvalue weighted by Crippen LogP contribution is -1.98. The average molecular weight is 182 g/mol. The maximum Gasteiger partial charge on any atom is 0.0455 e. The van der Waals surface area contributed by atoms with Crippen molar-refractivity contribution in [2.45, 2.75) is 18.4 Å². The summed E-state index contributed by atoms with van der Waals surface area (Å²) >= 11 is 1.76. The van der Waals surface area contributed by atoms with E-state index in [0.717, 1.165) is 21.9 Å². The highest BCUT2D eigenvalue weighted by molar-refractivity contribution is 7.99. The van der Waals surface area contributed by atoms with Crippen LogP contribution >= 0.6 is 11.8 Å². The monoisotopic (exact) mass is 182 g/mol. The van der Waals surface area contributed by atoms with E-state index in [0.29, 0.717) is 6.54 Å². The van der Waals surface area contributed by atoms with Crippen LogP contribution in [0.3, 0.4) is 0 Å². The Labute approximate surface area is 77.3 Å². The molecule has 0 fully saturated rings. The smallest absolute Gasteiger partial charge is 0.0455 e. The molecule has 3 heteroatoms. The Hall–Kier alpha value is -0.670. The minimum absolute atomic E-state index is 0.557. The molecular formula is C9H14N2S. The van der Waals surface area contributed by atoms with E-state index in [4.69, 9.17) is 11.5 Å². The first-order valence-electron chi connectivity index (χ1n) is 3.99. The van der Waals surface area contributed by atoms with Gasteiger partial charge in [0.1, 0.15) is 0 Å². The Morgan fingerprint density at radius 1 is 1.42 bits per heavy atom. The largest absolute Gasteiger partial charge is 0.398 e. The van der Waals surface area contributed by atoms with Crippen LogP contribution in [0.4, 0.5) is 5.69 Å². The zero-order valence-electron chi connectivity index (χ0n) is 7.21. The standard InChI is InChI=1S/C9H14N2S/c1-2-12-9-4-3-7(6-10)5-8(9)11/h3-5H,2,6,10-11H2,1H3. The average Bonchev–Trinajstić information content (AvgIpc) is 2.09. The molecule has 0 unspecified atom stereocenters. The first-order valence-corrected chi connectivity index (χ1v) is 4.97. The van der Waals surface area contributed by atoms with Crippen LogP contribution in [0.2, 0.25) is 0 Å². The van der Waals surface area contributed by atoms with Gasteiger partial charge in [-0.2, -0.15) is 0 Å². The number of nitrogen functional groups attached to an aromatic ring is 1. The SMILES string of the molecule is CCSc1ccc(CN)cc1N. The summed E-state index contributed by atoms with van der Waals surface area (Å²) in [4.78, 5) is 1.15. The highest BCUT2D eigenvalue weighted by atomic mass is 32.2. The third-order valence-corrected chi connectivity index (χ3v) is 2.58. The lowest BCUT2D eigenvalue weighted by atomic mass is 10.2. The van der Waals surface area contributed by atoms with Crippen LogP contribution in [0.1, 0.15) is 12.5 Å². The van der Waals surface area contributed by atoms with Crippen molar-refractivity contribution in [3.8, 4) is 0 Å². The molecular weight excluding hydrogens is 168 g/mol. The zero-order valence-corrected chi connectivity index (χ0v) is 8.03. The Morgan fingerprint density at radius 2 is 2.17 bits per heavy atom. The quantitative estimate of drug-likeness (QED) is 0.554. The molecule has 1 rings (SSSR count). The number of hydrogen-bond acceptors (Lipinski definition) is 3. The molecule has 0 aliphatic heterocycles. The highest BCUT2D eigenvalue weighted by Gasteiger charge is 1.98. The molecule has 12 heavy (non-hydrogen) atoms. The van der Waals surface area contributed by atoms with Gasteiger partial charge in [-0.05, 0) is 23.4 Å². The molecule has 1 aromatic rings. The number of nitrogens with two attached hydrogens (primary N) is 2. The van der Waals surface area contributed by atoms with Gasteiger partial charge in [0.15, 0.2) is 0 Å². The van der Waals surface area contributed by atoms with Crippen LogP contribution in [0.5, 0.6) is 0 Å². The fraction of sp³-hybridized carbons (Fsp3) is 0.333. The van der Waals surface area contributed by atoms with E-state index in [1.807, 2.05) is 18.2 Å². The molecule has 0 aromatic heterocycles. The van der Waals surface area contributed by atoms with Crippen molar-refractivity contribution in [3.05, 3.63) is 23.8 Å². The van der Waals surface area contributed by atoms with E-state index in [1.54, 1.807) is 11.8 Å². The number of benzene rings is 1. The summed E-state index contributed by atoms with van der Waals surface area (Å²) in [6, 6.07) is 6.00. The summed E-state index contributed by atoms with van der Waals surface area (Å²) in [6.45, 7) is 2.67. The molecule has 0 aliphatic rings. The van der Waals surface area contributed by atoms with E-state index < -0.39 is 0 Å². The molecule has 0 aliphatic carbocycles. The second-order valence-electron chi connectivity index (χ2n) is 2.51. The van der Waals surface area contributed by atoms with E-state index in [1.165, 1.54) is 0 Å². The minimum Gasteiger partial charge on any atom is -0.398 e. The van der Waals surface area contributed by atoms with Crippen molar-refractivity contribution in [2.75, 3.05) is 11.5 Å². The number of anilines is 1. The molecule has 0 atom stereocenters. The van der Waals surface area contributed by atoms with Gasteiger partial charge in [-0.15, -0.1) is 11.8 Å². The van der Waals surface area contributed by atoms with Crippen molar-refractivity contribution < 1.29 is 0 Å². The van der Waals surface area contributed by atoms with Gasteiger partial charge in [0, 0.05) is 17.1 Å². The van der Waals surface area contributed by atoms with Gasteiger partial charge >= 0.3 is 0 Å². The topological polar surface area (TPSA) is 52.0 Å². The van der Waals surface area contributed by atoms with Crippen molar-refractivity contribution in [1.29, 1.82) is 0 Å². The maximum absolute atomic E-state index is 5.81. The van der Waals surface area contributed by atoms with Crippen molar-refractivity contribution in [1.82, 2.24) is 0 Å². The van der Waals surface area contributed by atoms with Gasteiger partial charge in [0.05, 0.1) is 0 Å². The Bertz CT molecular complexity index is 261. The maximum atomic E-state index is 5.81. The first kappa shape index (κ1) is 9.42. The van der Waals surface area contributed by atoms with Crippen molar-refractivity contribution in [2.24, 2.45) is 5.73 Å². The van der Waals surface area contributed by atoms with Gasteiger partial charge < -0.3 is 11.5 Å². The molecule has 2 nitrogen and oxygen atoms in total. The summed E-state index contributed by atoms with van der Waals surface area (Å²) in [5.41, 5.74) is 13.2. The van der Waals surface area contributed by atoms with E-state index in [-0.39, 0.29) is 0 Å². The van der Waals surface area contributed by atoms with Crippen LogP contribution in [0.25, 0.3) is 0 Å². The van der Waals surface area contributed by atoms with Crippen molar-refractivity contribution in [3.63, 3.8) is 0 Å². The third-order valence-electron chi connectivity index (χ3n) is 1.61. The van der Waals surface area contributed by atoms with Gasteiger partial charge in [0.2, 0.25) is 0 Å². The summed E-state index contributed by atoms with van der Waals surface area (Å²) in [6.07, 6.45) is 0. The normalized spacial score (nSPS) is 10.2. The van der Waals surface area contributed by atoms with Gasteiger partial charge in [-0.3, -0.25) is 0 Å². The van der Waals surface area contributed by atoms with Crippen LogP contribution in [-0.2, 0) is 6.54 Å². The molecule has 4 N–H and O–H groups in total. The highest BCUT2D eigenvalue weighted by Crippen LogP contribution is 2.25. The molecule has 0 bridgehead atoms. The van der Waals surface area contributed by atoms with E-state index in [2.05, 4.69) is 6.92 Å². The first-order chi connectivity index (χ1) is 5.77. The molecule has 0 radical (unpaired) electrons. The minimum atomic E-state index is 0.557. The Morgan fingerprint density at radius 3 is 2.67 bits per heavy atom. The van der Waals surface area contributed by atoms with Crippen LogP contribution in [0.15, 0.2) is 23.1 Å². The fourth-order valence-electron chi connectivity index (χ4n) is 1.01. The molecule has 0 heterocycles. The van der Waals surface area contributed by atoms with E-state index >= 15 is 0 Å². The molecule has 66 valence electrons. The van der Waals surface area contributed by atoms with Gasteiger partial charge in [0.25, 0.3) is 0 Å². The van der Waals surface area contributed by atoms with E-state index in [9.17, 15) is 0 Å². The molecule has 0 spiro atoms. The molecule has 0 amide bonds. The summed E-state index contributed by atoms with van der Waals surface area (Å²) in [5.74, 6) is 1.05. The van der Waals surface area contributed by atoms with Gasteiger partial charge in [-0.25, -0.2) is 0 Å². The number of rotatable bonds is 3. The third kappa shape index (κ3) is 2.16. The second kappa shape index (κ2) is 4.38. The van der Waals surface area contributed by atoms with Crippen LogP contribution < -0.4 is 11.5 Å². The fourth-order valence-corrected chi connectivity index (χ4v) is 1.71. The Balaban J connectivity index is 2.87. The lowest BCUT2D eigenvalue weighted by molar-refractivity contribution is 1.07. The number of hydrogen-bond donors (Lipinski definition) is 2. The summed E-state index contributed by atoms with van der Waals surface area (Å²) in [7, 11) is 0. The lowest BCUT2D eigenvalue weighted by Gasteiger charge is -2.04. The van der Waals surface area contributed by atoms with Crippen LogP contribution in [0, 0.1) is 0 Å². The Kier molecular flexibility index (Phi) is 3.44. The summed E-state index contributed by atoms with van der Waals surface area (Å²) in [5, 5.41) is 0. The van der Waals surface area contributed by atoms with Crippen molar-refractivity contribution >= 4 is 17.4 Å². The predicted octanol–water partition coefficient (Wildman–Crippen LogP) is 1.84. The molecule has 1 aromatic carbocycles. The van der Waals surface area contributed by atoms with Crippen LogP contribution in [-0.4, -0.2) is 5.75 Å². The molecule has 0 saturated heterocycles.